The lowest BCUT2D eigenvalue weighted by atomic mass is 9.99. The molecular formula is C18H26IN3OS. The van der Waals surface area contributed by atoms with Crippen LogP contribution in [0.25, 0.3) is 0 Å². The van der Waals surface area contributed by atoms with Crippen molar-refractivity contribution in [1.29, 1.82) is 0 Å². The molecular weight excluding hydrogens is 433 g/mol. The highest BCUT2D eigenvalue weighted by Crippen LogP contribution is 2.23. The quantitative estimate of drug-likeness (QED) is 0.338. The van der Waals surface area contributed by atoms with Crippen molar-refractivity contribution in [2.75, 3.05) is 11.9 Å². The van der Waals surface area contributed by atoms with E-state index in [1.807, 2.05) is 29.0 Å². The first-order valence-corrected chi connectivity index (χ1v) is 8.78. The van der Waals surface area contributed by atoms with Crippen LogP contribution in [0.2, 0.25) is 0 Å². The molecule has 1 aromatic carbocycles. The van der Waals surface area contributed by atoms with Gasteiger partial charge in [0.2, 0.25) is 0 Å². The maximum Gasteiger partial charge on any atom is 0.193 e. The van der Waals surface area contributed by atoms with Gasteiger partial charge in [-0.3, -0.25) is 0 Å². The van der Waals surface area contributed by atoms with Gasteiger partial charge in [-0.15, -0.1) is 24.0 Å². The van der Waals surface area contributed by atoms with E-state index < -0.39 is 5.60 Å². The van der Waals surface area contributed by atoms with Crippen molar-refractivity contribution in [2.24, 2.45) is 10.7 Å². The van der Waals surface area contributed by atoms with Crippen LogP contribution in [0.15, 0.2) is 46.1 Å². The summed E-state index contributed by atoms with van der Waals surface area (Å²) in [7, 11) is 0. The Labute approximate surface area is 165 Å². The smallest absolute Gasteiger partial charge is 0.193 e. The Kier molecular flexibility index (Phi) is 8.18. The van der Waals surface area contributed by atoms with Gasteiger partial charge in [0.05, 0.1) is 6.54 Å². The predicted octanol–water partition coefficient (Wildman–Crippen LogP) is 4.51. The predicted molar refractivity (Wildman–Crippen MR) is 115 cm³/mol. The van der Waals surface area contributed by atoms with Crippen LogP contribution in [0.5, 0.6) is 0 Å². The molecule has 0 aliphatic heterocycles. The van der Waals surface area contributed by atoms with Crippen LogP contribution in [-0.2, 0) is 5.60 Å². The fourth-order valence-corrected chi connectivity index (χ4v) is 3.00. The largest absolute Gasteiger partial charge is 0.383 e. The summed E-state index contributed by atoms with van der Waals surface area (Å²) in [5.74, 6) is 0.854. The van der Waals surface area contributed by atoms with Crippen LogP contribution in [0.1, 0.15) is 44.2 Å². The van der Waals surface area contributed by atoms with Gasteiger partial charge in [0.25, 0.3) is 0 Å². The third-order valence-corrected chi connectivity index (χ3v) is 4.75. The lowest BCUT2D eigenvalue weighted by Crippen LogP contribution is -2.29. The molecule has 0 spiro atoms. The molecule has 2 aromatic rings. The Balaban J connectivity index is 0.00000288. The minimum Gasteiger partial charge on any atom is -0.383 e. The van der Waals surface area contributed by atoms with Gasteiger partial charge in [-0.1, -0.05) is 26.0 Å². The fraction of sp³-hybridized carbons (Fsp3) is 0.389. The summed E-state index contributed by atoms with van der Waals surface area (Å²) in [6, 6.07) is 10.1. The molecule has 24 heavy (non-hydrogen) atoms. The van der Waals surface area contributed by atoms with Crippen LogP contribution in [0.3, 0.4) is 0 Å². The average Bonchev–Trinajstić information content (AvgIpc) is 3.08. The molecule has 6 heteroatoms. The van der Waals surface area contributed by atoms with Gasteiger partial charge in [-0.2, -0.15) is 11.3 Å². The normalized spacial score (nSPS) is 15.2. The first-order chi connectivity index (χ1) is 10.9. The number of nitrogens with zero attached hydrogens (tertiary/aromatic N) is 1. The lowest BCUT2D eigenvalue weighted by Gasteiger charge is -2.20. The molecule has 4 N–H and O–H groups in total. The maximum absolute atomic E-state index is 10.4. The average molecular weight is 459 g/mol. The van der Waals surface area contributed by atoms with E-state index >= 15 is 0 Å². The molecule has 2 unspecified atom stereocenters. The Morgan fingerprint density at radius 3 is 2.54 bits per heavy atom. The van der Waals surface area contributed by atoms with E-state index in [0.717, 1.165) is 17.7 Å². The van der Waals surface area contributed by atoms with Crippen molar-refractivity contribution < 1.29 is 5.11 Å². The molecule has 1 heterocycles. The van der Waals surface area contributed by atoms with Crippen LogP contribution < -0.4 is 11.1 Å². The molecule has 0 saturated heterocycles. The van der Waals surface area contributed by atoms with Gasteiger partial charge in [0.15, 0.2) is 5.96 Å². The lowest BCUT2D eigenvalue weighted by molar-refractivity contribution is 0.0678. The number of benzene rings is 1. The number of hydrogen-bond acceptors (Lipinski definition) is 3. The topological polar surface area (TPSA) is 70.6 Å². The van der Waals surface area contributed by atoms with E-state index in [1.165, 1.54) is 5.56 Å². The van der Waals surface area contributed by atoms with E-state index in [0.29, 0.717) is 11.9 Å². The fourth-order valence-electron chi connectivity index (χ4n) is 2.22. The highest BCUT2D eigenvalue weighted by molar-refractivity contribution is 14.0. The standard InChI is InChI=1S/C18H25N3OS.HI/c1-4-13(2)14-5-7-16(8-6-14)21-17(19)20-12-18(3,22)15-9-10-23-11-15;/h5-11,13,22H,4,12H2,1-3H3,(H3,19,20,21);1H. The number of guanidine groups is 1. The maximum atomic E-state index is 10.4. The summed E-state index contributed by atoms with van der Waals surface area (Å²) < 4.78 is 0. The summed E-state index contributed by atoms with van der Waals surface area (Å²) in [6.07, 6.45) is 1.12. The van der Waals surface area contributed by atoms with E-state index in [-0.39, 0.29) is 30.5 Å². The van der Waals surface area contributed by atoms with Crippen molar-refractivity contribution >= 4 is 47.0 Å². The number of halogens is 1. The van der Waals surface area contributed by atoms with Crippen molar-refractivity contribution in [1.82, 2.24) is 0 Å². The summed E-state index contributed by atoms with van der Waals surface area (Å²) in [4.78, 5) is 4.26. The van der Waals surface area contributed by atoms with Crippen LogP contribution in [0, 0.1) is 0 Å². The number of thiophene rings is 1. The van der Waals surface area contributed by atoms with Crippen molar-refractivity contribution in [2.45, 2.75) is 38.7 Å². The van der Waals surface area contributed by atoms with Gasteiger partial charge < -0.3 is 16.2 Å². The van der Waals surface area contributed by atoms with Gasteiger partial charge in [-0.05, 0) is 59.3 Å². The van der Waals surface area contributed by atoms with E-state index in [9.17, 15) is 5.11 Å². The molecule has 0 radical (unpaired) electrons. The zero-order valence-corrected chi connectivity index (χ0v) is 17.5. The molecule has 1 aromatic heterocycles. The number of hydrogen-bond donors (Lipinski definition) is 3. The van der Waals surface area contributed by atoms with E-state index in [4.69, 9.17) is 5.73 Å². The molecule has 0 aliphatic carbocycles. The Morgan fingerprint density at radius 2 is 2.00 bits per heavy atom. The first-order valence-electron chi connectivity index (χ1n) is 7.84. The molecule has 2 atom stereocenters. The number of aliphatic hydroxyl groups is 1. The minimum atomic E-state index is -1.01. The van der Waals surface area contributed by atoms with Crippen LogP contribution in [0.4, 0.5) is 5.69 Å². The third kappa shape index (κ3) is 5.75. The molecule has 132 valence electrons. The second-order valence-electron chi connectivity index (χ2n) is 6.04. The van der Waals surface area contributed by atoms with Crippen molar-refractivity contribution in [3.63, 3.8) is 0 Å². The second-order valence-corrected chi connectivity index (χ2v) is 6.82. The summed E-state index contributed by atoms with van der Waals surface area (Å²) in [6.45, 7) is 6.35. The summed E-state index contributed by atoms with van der Waals surface area (Å²) >= 11 is 1.55. The zero-order chi connectivity index (χ0) is 16.9. The molecule has 0 bridgehead atoms. The van der Waals surface area contributed by atoms with E-state index in [2.05, 4.69) is 36.3 Å². The minimum absolute atomic E-state index is 0. The molecule has 0 amide bonds. The monoisotopic (exact) mass is 459 g/mol. The first kappa shape index (κ1) is 20.9. The van der Waals surface area contributed by atoms with Gasteiger partial charge in [0.1, 0.15) is 5.60 Å². The Bertz CT molecular complexity index is 639. The number of rotatable bonds is 6. The SMILES string of the molecule is CCC(C)c1ccc(NC(N)=NCC(C)(O)c2ccsc2)cc1.I. The Hall–Kier alpha value is -1.12. The van der Waals surface area contributed by atoms with Crippen LogP contribution >= 0.6 is 35.3 Å². The number of anilines is 1. The number of aliphatic imine (C=N–C) groups is 1. The summed E-state index contributed by atoms with van der Waals surface area (Å²) in [5, 5.41) is 17.4. The molecule has 0 aliphatic rings. The van der Waals surface area contributed by atoms with Gasteiger partial charge in [-0.25, -0.2) is 4.99 Å². The summed E-state index contributed by atoms with van der Waals surface area (Å²) in [5.41, 5.74) is 7.98. The highest BCUT2D eigenvalue weighted by atomic mass is 127. The van der Waals surface area contributed by atoms with Gasteiger partial charge >= 0.3 is 0 Å². The van der Waals surface area contributed by atoms with Gasteiger partial charge in [0, 0.05) is 5.69 Å². The Morgan fingerprint density at radius 1 is 1.33 bits per heavy atom. The third-order valence-electron chi connectivity index (χ3n) is 4.06. The molecule has 0 saturated carbocycles. The molecule has 2 rings (SSSR count). The van der Waals surface area contributed by atoms with Crippen LogP contribution in [-0.4, -0.2) is 17.6 Å². The highest BCUT2D eigenvalue weighted by Gasteiger charge is 2.23. The molecule has 4 nitrogen and oxygen atoms in total. The number of nitrogens with one attached hydrogen (secondary N) is 1. The van der Waals surface area contributed by atoms with Crippen molar-refractivity contribution in [3.05, 3.63) is 52.2 Å². The van der Waals surface area contributed by atoms with Crippen molar-refractivity contribution in [3.8, 4) is 0 Å². The zero-order valence-electron chi connectivity index (χ0n) is 14.3. The number of nitrogens with two attached hydrogens (primary N) is 1. The second kappa shape index (κ2) is 9.39. The van der Waals surface area contributed by atoms with E-state index in [1.54, 1.807) is 18.3 Å². The molecule has 0 fully saturated rings.